The van der Waals surface area contributed by atoms with Gasteiger partial charge < -0.3 is 10.2 Å². The summed E-state index contributed by atoms with van der Waals surface area (Å²) in [5.74, 6) is -1.40. The maximum absolute atomic E-state index is 14.2. The van der Waals surface area contributed by atoms with Gasteiger partial charge in [-0.2, -0.15) is 0 Å². The molecule has 5 aromatic rings. The number of rotatable bonds is 5. The summed E-state index contributed by atoms with van der Waals surface area (Å²) < 4.78 is 6.96. The molecule has 0 radical (unpaired) electrons. The third-order valence-electron chi connectivity index (χ3n) is 7.28. The second-order valence-electron chi connectivity index (χ2n) is 9.34. The van der Waals surface area contributed by atoms with Crippen molar-refractivity contribution >= 4 is 44.3 Å². The number of halogens is 3. The van der Waals surface area contributed by atoms with E-state index >= 15 is 0 Å². The summed E-state index contributed by atoms with van der Waals surface area (Å²) in [6.07, 6.45) is 0. The average molecular weight is 691 g/mol. The first kappa shape index (κ1) is 29.5. The van der Waals surface area contributed by atoms with Crippen molar-refractivity contribution in [2.75, 3.05) is 0 Å². The maximum Gasteiger partial charge on any atom is 0.275 e. The minimum Gasteiger partial charge on any atom is -0.506 e. The fraction of sp³-hybridized carbons (Fsp3) is 0.172. The standard InChI is InChI=1S/C29H26Br2N4O4.ClH/c1-16-22(28(38)34(32(16)3)18-11-7-5-8-12-18)24(20-15-21(30)27(37)25(31)26(20)36)23-17(2)33(4)35(29(23)39)19-13-9-6-10-14-19;/h5-15,24,36-37H,1-4H3;1H. The Labute approximate surface area is 253 Å². The van der Waals surface area contributed by atoms with Gasteiger partial charge in [-0.1, -0.05) is 36.4 Å². The third kappa shape index (κ3) is 4.53. The van der Waals surface area contributed by atoms with E-state index in [1.807, 2.05) is 74.5 Å². The van der Waals surface area contributed by atoms with E-state index in [4.69, 9.17) is 0 Å². The summed E-state index contributed by atoms with van der Waals surface area (Å²) in [6.45, 7) is 3.64. The van der Waals surface area contributed by atoms with Crippen LogP contribution >= 0.6 is 44.3 Å². The molecule has 0 bridgehead atoms. The monoisotopic (exact) mass is 688 g/mol. The summed E-state index contributed by atoms with van der Waals surface area (Å²) in [4.78, 5) is 28.4. The Balaban J connectivity index is 0.00000370. The van der Waals surface area contributed by atoms with Crippen LogP contribution in [0.5, 0.6) is 11.5 Å². The van der Waals surface area contributed by atoms with Crippen molar-refractivity contribution in [3.8, 4) is 22.9 Å². The zero-order valence-electron chi connectivity index (χ0n) is 22.1. The lowest BCUT2D eigenvalue weighted by molar-refractivity contribution is 0.437. The first-order chi connectivity index (χ1) is 18.6. The minimum atomic E-state index is -0.953. The molecule has 208 valence electrons. The number of aromatic hydroxyl groups is 2. The van der Waals surface area contributed by atoms with E-state index in [2.05, 4.69) is 31.9 Å². The van der Waals surface area contributed by atoms with Gasteiger partial charge in [-0.15, -0.1) is 12.4 Å². The Bertz CT molecular complexity index is 1740. The van der Waals surface area contributed by atoms with E-state index in [1.54, 1.807) is 38.9 Å². The second kappa shape index (κ2) is 11.2. The van der Waals surface area contributed by atoms with Gasteiger partial charge in [-0.3, -0.25) is 19.0 Å². The van der Waals surface area contributed by atoms with Crippen LogP contribution in [0.1, 0.15) is 34.0 Å². The average Bonchev–Trinajstić information content (AvgIpc) is 3.29. The summed E-state index contributed by atoms with van der Waals surface area (Å²) in [5.41, 5.74) is 2.93. The number of phenolic OH excluding ortho intramolecular Hbond substituents is 2. The molecule has 0 atom stereocenters. The molecule has 0 aliphatic rings. The van der Waals surface area contributed by atoms with Crippen LogP contribution in [0.3, 0.4) is 0 Å². The Morgan fingerprint density at radius 2 is 1.10 bits per heavy atom. The Morgan fingerprint density at radius 3 is 1.50 bits per heavy atom. The molecule has 0 unspecified atom stereocenters. The van der Waals surface area contributed by atoms with Crippen molar-refractivity contribution in [2.45, 2.75) is 19.8 Å². The van der Waals surface area contributed by atoms with Crippen LogP contribution in [0.25, 0.3) is 11.4 Å². The van der Waals surface area contributed by atoms with Crippen LogP contribution in [-0.2, 0) is 14.1 Å². The van der Waals surface area contributed by atoms with Crippen molar-refractivity contribution in [3.63, 3.8) is 0 Å². The molecule has 0 spiro atoms. The highest BCUT2D eigenvalue weighted by molar-refractivity contribution is 9.11. The van der Waals surface area contributed by atoms with Crippen molar-refractivity contribution in [1.29, 1.82) is 0 Å². The summed E-state index contributed by atoms with van der Waals surface area (Å²) in [7, 11) is 3.57. The van der Waals surface area contributed by atoms with Gasteiger partial charge in [-0.25, -0.2) is 9.36 Å². The van der Waals surface area contributed by atoms with Crippen LogP contribution in [0.15, 0.2) is 85.3 Å². The van der Waals surface area contributed by atoms with Gasteiger partial charge in [0.2, 0.25) is 0 Å². The van der Waals surface area contributed by atoms with Crippen molar-refractivity contribution in [2.24, 2.45) is 14.1 Å². The maximum atomic E-state index is 14.2. The summed E-state index contributed by atoms with van der Waals surface area (Å²) >= 11 is 6.64. The quantitative estimate of drug-likeness (QED) is 0.243. The molecule has 2 heterocycles. The van der Waals surface area contributed by atoms with Gasteiger partial charge in [0.25, 0.3) is 11.1 Å². The van der Waals surface area contributed by atoms with E-state index in [9.17, 15) is 19.8 Å². The van der Waals surface area contributed by atoms with E-state index in [-0.39, 0.29) is 39.5 Å². The third-order valence-corrected chi connectivity index (χ3v) is 8.64. The normalized spacial score (nSPS) is 11.2. The smallest absolute Gasteiger partial charge is 0.275 e. The van der Waals surface area contributed by atoms with Crippen LogP contribution in [0, 0.1) is 13.8 Å². The number of hydrogen-bond acceptors (Lipinski definition) is 4. The Hall–Kier alpha value is -3.47. The van der Waals surface area contributed by atoms with E-state index < -0.39 is 5.92 Å². The number of nitrogens with zero attached hydrogens (tertiary/aromatic N) is 4. The topological polar surface area (TPSA) is 94.3 Å². The van der Waals surface area contributed by atoms with Gasteiger partial charge in [0.1, 0.15) is 16.0 Å². The van der Waals surface area contributed by atoms with Crippen molar-refractivity contribution < 1.29 is 10.2 Å². The molecule has 0 aliphatic heterocycles. The highest BCUT2D eigenvalue weighted by Crippen LogP contribution is 2.47. The zero-order valence-corrected chi connectivity index (χ0v) is 26.1. The van der Waals surface area contributed by atoms with Crippen LogP contribution in [-0.4, -0.2) is 28.9 Å². The fourth-order valence-corrected chi connectivity index (χ4v) is 6.29. The highest BCUT2D eigenvalue weighted by atomic mass is 79.9. The highest BCUT2D eigenvalue weighted by Gasteiger charge is 2.35. The van der Waals surface area contributed by atoms with Gasteiger partial charge >= 0.3 is 0 Å². The molecule has 0 saturated carbocycles. The van der Waals surface area contributed by atoms with Crippen molar-refractivity contribution in [3.05, 3.63) is 124 Å². The van der Waals surface area contributed by atoms with E-state index in [0.29, 0.717) is 43.9 Å². The molecule has 0 saturated heterocycles. The SMILES string of the molecule is Cc1c(C(c2cc(Br)c(O)c(Br)c2O)c2c(C)n(C)n(-c3ccccc3)c2=O)c(=O)n(-c2ccccc2)n1C.Cl. The molecule has 0 aliphatic carbocycles. The molecule has 2 N–H and O–H groups in total. The number of para-hydroxylation sites is 2. The predicted octanol–water partition coefficient (Wildman–Crippen LogP) is 5.82. The Kier molecular flexibility index (Phi) is 8.26. The van der Waals surface area contributed by atoms with Crippen LogP contribution < -0.4 is 11.1 Å². The van der Waals surface area contributed by atoms with E-state index in [0.717, 1.165) is 0 Å². The zero-order chi connectivity index (χ0) is 28.2. The first-order valence-electron chi connectivity index (χ1n) is 12.1. The number of benzene rings is 3. The lowest BCUT2D eigenvalue weighted by Crippen LogP contribution is -2.26. The fourth-order valence-electron chi connectivity index (χ4n) is 5.14. The molecule has 2 aromatic heterocycles. The second-order valence-corrected chi connectivity index (χ2v) is 11.0. The molecule has 0 fully saturated rings. The number of phenols is 2. The Morgan fingerprint density at radius 1 is 0.700 bits per heavy atom. The lowest BCUT2D eigenvalue weighted by Gasteiger charge is -2.19. The van der Waals surface area contributed by atoms with Gasteiger partial charge in [-0.05, 0) is 76.0 Å². The molecule has 11 heteroatoms. The molecule has 8 nitrogen and oxygen atoms in total. The first-order valence-corrected chi connectivity index (χ1v) is 13.7. The predicted molar refractivity (Wildman–Crippen MR) is 165 cm³/mol. The molecule has 5 rings (SSSR count). The van der Waals surface area contributed by atoms with Crippen LogP contribution in [0.2, 0.25) is 0 Å². The van der Waals surface area contributed by atoms with Gasteiger partial charge in [0.15, 0.2) is 0 Å². The summed E-state index contributed by atoms with van der Waals surface area (Å²) in [6, 6.07) is 20.0. The molecular formula is C29H27Br2ClN4O4. The number of aromatic nitrogens is 4. The lowest BCUT2D eigenvalue weighted by atomic mass is 9.84. The molecule has 3 aromatic carbocycles. The van der Waals surface area contributed by atoms with Crippen LogP contribution in [0.4, 0.5) is 0 Å². The van der Waals surface area contributed by atoms with Gasteiger partial charge in [0.05, 0.1) is 32.9 Å². The molecule has 40 heavy (non-hydrogen) atoms. The van der Waals surface area contributed by atoms with Crippen molar-refractivity contribution in [1.82, 2.24) is 18.7 Å². The van der Waals surface area contributed by atoms with Gasteiger partial charge in [0, 0.05) is 31.0 Å². The summed E-state index contributed by atoms with van der Waals surface area (Å²) in [5, 5.41) is 21.7. The van der Waals surface area contributed by atoms with E-state index in [1.165, 1.54) is 0 Å². The largest absolute Gasteiger partial charge is 0.506 e. The number of hydrogen-bond donors (Lipinski definition) is 2. The molecule has 0 amide bonds. The molecular weight excluding hydrogens is 664 g/mol. The minimum absolute atomic E-state index is 0.